The Balaban J connectivity index is 2.01. The summed E-state index contributed by atoms with van der Waals surface area (Å²) in [7, 11) is 0. The van der Waals surface area contributed by atoms with E-state index >= 15 is 0 Å². The SMILES string of the molecule is CC(NC(=O)c1ccc(C=CC(=O)O)cn1)c1ccco1. The van der Waals surface area contributed by atoms with E-state index in [0.717, 1.165) is 6.08 Å². The Bertz CT molecular complexity index is 645. The summed E-state index contributed by atoms with van der Waals surface area (Å²) in [5.74, 6) is -0.707. The molecule has 0 bridgehead atoms. The van der Waals surface area contributed by atoms with Crippen LogP contribution in [-0.4, -0.2) is 22.0 Å². The standard InChI is InChI=1S/C15H14N2O4/c1-10(13-3-2-8-21-13)17-15(20)12-6-4-11(9-16-12)5-7-14(18)19/h2-10H,1H3,(H,17,20)(H,18,19). The summed E-state index contributed by atoms with van der Waals surface area (Å²) < 4.78 is 5.21. The molecule has 0 aromatic carbocycles. The zero-order valence-corrected chi connectivity index (χ0v) is 11.3. The van der Waals surface area contributed by atoms with Crippen LogP contribution in [0.1, 0.15) is 34.8 Å². The minimum Gasteiger partial charge on any atom is -0.478 e. The maximum Gasteiger partial charge on any atom is 0.328 e. The summed E-state index contributed by atoms with van der Waals surface area (Å²) >= 11 is 0. The van der Waals surface area contributed by atoms with Gasteiger partial charge >= 0.3 is 5.97 Å². The van der Waals surface area contributed by atoms with Crippen LogP contribution < -0.4 is 5.32 Å². The van der Waals surface area contributed by atoms with Crippen LogP contribution >= 0.6 is 0 Å². The Morgan fingerprint density at radius 2 is 2.19 bits per heavy atom. The van der Waals surface area contributed by atoms with Gasteiger partial charge in [0.25, 0.3) is 5.91 Å². The number of hydrogen-bond donors (Lipinski definition) is 2. The number of pyridine rings is 1. The third-order valence-corrected chi connectivity index (χ3v) is 2.75. The lowest BCUT2D eigenvalue weighted by Gasteiger charge is -2.10. The molecule has 1 unspecified atom stereocenters. The molecule has 0 aliphatic carbocycles. The predicted molar refractivity (Wildman–Crippen MR) is 75.5 cm³/mol. The number of nitrogens with one attached hydrogen (secondary N) is 1. The Hall–Kier alpha value is -2.89. The summed E-state index contributed by atoms with van der Waals surface area (Å²) in [6, 6.07) is 6.42. The lowest BCUT2D eigenvalue weighted by molar-refractivity contribution is -0.131. The van der Waals surface area contributed by atoms with Crippen LogP contribution in [0.2, 0.25) is 0 Å². The first-order chi connectivity index (χ1) is 10.1. The van der Waals surface area contributed by atoms with Crippen molar-refractivity contribution in [3.63, 3.8) is 0 Å². The molecule has 0 fully saturated rings. The van der Waals surface area contributed by atoms with Gasteiger partial charge in [-0.1, -0.05) is 6.07 Å². The lowest BCUT2D eigenvalue weighted by Crippen LogP contribution is -2.27. The van der Waals surface area contributed by atoms with Gasteiger partial charge in [-0.2, -0.15) is 0 Å². The van der Waals surface area contributed by atoms with Crippen molar-refractivity contribution in [1.82, 2.24) is 10.3 Å². The van der Waals surface area contributed by atoms with Crippen molar-refractivity contribution in [1.29, 1.82) is 0 Å². The number of amides is 1. The van der Waals surface area contributed by atoms with Crippen LogP contribution in [-0.2, 0) is 4.79 Å². The summed E-state index contributed by atoms with van der Waals surface area (Å²) in [4.78, 5) is 26.4. The molecule has 0 saturated carbocycles. The third kappa shape index (κ3) is 4.04. The topological polar surface area (TPSA) is 92.4 Å². The number of aromatic nitrogens is 1. The van der Waals surface area contributed by atoms with Crippen molar-refractivity contribution in [2.24, 2.45) is 0 Å². The van der Waals surface area contributed by atoms with Crippen LogP contribution in [0.25, 0.3) is 6.08 Å². The molecule has 0 aliphatic rings. The van der Waals surface area contributed by atoms with Crippen molar-refractivity contribution < 1.29 is 19.1 Å². The normalized spacial score (nSPS) is 12.2. The Morgan fingerprint density at radius 1 is 1.38 bits per heavy atom. The molecule has 0 radical (unpaired) electrons. The first kappa shape index (κ1) is 14.5. The van der Waals surface area contributed by atoms with E-state index in [1.165, 1.54) is 18.3 Å². The van der Waals surface area contributed by atoms with Gasteiger partial charge in [0.05, 0.1) is 12.3 Å². The number of hydrogen-bond acceptors (Lipinski definition) is 4. The first-order valence-corrected chi connectivity index (χ1v) is 6.27. The number of furan rings is 1. The third-order valence-electron chi connectivity index (χ3n) is 2.75. The fraction of sp³-hybridized carbons (Fsp3) is 0.133. The highest BCUT2D eigenvalue weighted by Gasteiger charge is 2.13. The largest absolute Gasteiger partial charge is 0.478 e. The summed E-state index contributed by atoms with van der Waals surface area (Å²) in [6.07, 6.45) is 5.39. The second-order valence-corrected chi connectivity index (χ2v) is 4.36. The average molecular weight is 286 g/mol. The predicted octanol–water partition coefficient (Wildman–Crippen LogP) is 2.26. The molecule has 2 rings (SSSR count). The van der Waals surface area contributed by atoms with E-state index in [4.69, 9.17) is 9.52 Å². The zero-order chi connectivity index (χ0) is 15.2. The minimum absolute atomic E-state index is 0.251. The Labute approximate surface area is 121 Å². The number of nitrogens with zero attached hydrogens (tertiary/aromatic N) is 1. The molecule has 2 heterocycles. The van der Waals surface area contributed by atoms with Gasteiger partial charge in [-0.05, 0) is 36.8 Å². The molecule has 6 heteroatoms. The van der Waals surface area contributed by atoms with E-state index in [2.05, 4.69) is 10.3 Å². The van der Waals surface area contributed by atoms with Gasteiger partial charge < -0.3 is 14.8 Å². The molecule has 0 saturated heterocycles. The van der Waals surface area contributed by atoms with Gasteiger partial charge in [-0.3, -0.25) is 9.78 Å². The zero-order valence-electron chi connectivity index (χ0n) is 11.3. The van der Waals surface area contributed by atoms with Gasteiger partial charge in [0.15, 0.2) is 0 Å². The van der Waals surface area contributed by atoms with Crippen molar-refractivity contribution in [2.45, 2.75) is 13.0 Å². The van der Waals surface area contributed by atoms with Crippen LogP contribution in [0.3, 0.4) is 0 Å². The van der Waals surface area contributed by atoms with Crippen LogP contribution in [0, 0.1) is 0 Å². The van der Waals surface area contributed by atoms with Gasteiger partial charge in [-0.25, -0.2) is 4.79 Å². The molecule has 0 aliphatic heterocycles. The molecule has 108 valence electrons. The number of carboxylic acid groups (broad SMARTS) is 1. The minimum atomic E-state index is -1.04. The highest BCUT2D eigenvalue weighted by Crippen LogP contribution is 2.13. The molecule has 2 aromatic heterocycles. The van der Waals surface area contributed by atoms with E-state index in [9.17, 15) is 9.59 Å². The van der Waals surface area contributed by atoms with E-state index < -0.39 is 5.97 Å². The molecule has 1 amide bonds. The maximum atomic E-state index is 12.0. The summed E-state index contributed by atoms with van der Waals surface area (Å²) in [5.41, 5.74) is 0.855. The highest BCUT2D eigenvalue weighted by molar-refractivity contribution is 5.92. The van der Waals surface area contributed by atoms with Gasteiger partial charge in [0.1, 0.15) is 11.5 Å². The molecular weight excluding hydrogens is 272 g/mol. The van der Waals surface area contributed by atoms with Crippen LogP contribution in [0.4, 0.5) is 0 Å². The number of aliphatic carboxylic acids is 1. The molecule has 1 atom stereocenters. The van der Waals surface area contributed by atoms with Gasteiger partial charge in [-0.15, -0.1) is 0 Å². The van der Waals surface area contributed by atoms with Crippen LogP contribution in [0.15, 0.2) is 47.2 Å². The fourth-order valence-electron chi connectivity index (χ4n) is 1.69. The fourth-order valence-corrected chi connectivity index (χ4v) is 1.69. The summed E-state index contributed by atoms with van der Waals surface area (Å²) in [6.45, 7) is 1.81. The lowest BCUT2D eigenvalue weighted by atomic mass is 10.2. The second-order valence-electron chi connectivity index (χ2n) is 4.36. The number of carbonyl (C=O) groups is 2. The van der Waals surface area contributed by atoms with E-state index in [-0.39, 0.29) is 17.6 Å². The van der Waals surface area contributed by atoms with Crippen molar-refractivity contribution in [3.8, 4) is 0 Å². The Kier molecular flexibility index (Phi) is 4.50. The average Bonchev–Trinajstić information content (AvgIpc) is 3.00. The quantitative estimate of drug-likeness (QED) is 0.822. The molecule has 6 nitrogen and oxygen atoms in total. The first-order valence-electron chi connectivity index (χ1n) is 6.27. The number of rotatable bonds is 5. The Morgan fingerprint density at radius 3 is 2.76 bits per heavy atom. The van der Waals surface area contributed by atoms with Gasteiger partial charge in [0, 0.05) is 12.3 Å². The monoisotopic (exact) mass is 286 g/mol. The number of carbonyl (C=O) groups excluding carboxylic acids is 1. The van der Waals surface area contributed by atoms with Crippen molar-refractivity contribution in [3.05, 3.63) is 59.8 Å². The van der Waals surface area contributed by atoms with Crippen LogP contribution in [0.5, 0.6) is 0 Å². The van der Waals surface area contributed by atoms with E-state index in [1.54, 1.807) is 31.4 Å². The number of carboxylic acids is 1. The van der Waals surface area contributed by atoms with Crippen molar-refractivity contribution >= 4 is 18.0 Å². The molecule has 2 aromatic rings. The van der Waals surface area contributed by atoms with E-state index in [0.29, 0.717) is 11.3 Å². The van der Waals surface area contributed by atoms with Crippen molar-refractivity contribution in [2.75, 3.05) is 0 Å². The smallest absolute Gasteiger partial charge is 0.328 e. The molecule has 2 N–H and O–H groups in total. The van der Waals surface area contributed by atoms with Gasteiger partial charge in [0.2, 0.25) is 0 Å². The summed E-state index contributed by atoms with van der Waals surface area (Å²) in [5, 5.41) is 11.3. The second kappa shape index (κ2) is 6.51. The van der Waals surface area contributed by atoms with E-state index in [1.807, 2.05) is 0 Å². The maximum absolute atomic E-state index is 12.0. The highest BCUT2D eigenvalue weighted by atomic mass is 16.4. The molecule has 21 heavy (non-hydrogen) atoms. The molecule has 0 spiro atoms. The molecular formula is C15H14N2O4.